The molecule has 3 fully saturated rings. The Hall–Kier alpha value is -3.76. The van der Waals surface area contributed by atoms with Gasteiger partial charge in [0.2, 0.25) is 17.7 Å². The fourth-order valence-electron chi connectivity index (χ4n) is 5.69. The van der Waals surface area contributed by atoms with Gasteiger partial charge in [0.25, 0.3) is 11.8 Å². The number of nitrogens with zero attached hydrogens (tertiary/aromatic N) is 3. The van der Waals surface area contributed by atoms with Crippen LogP contribution in [0.25, 0.3) is 0 Å². The van der Waals surface area contributed by atoms with Gasteiger partial charge < -0.3 is 14.9 Å². The normalized spacial score (nSPS) is 26.7. The molecule has 4 aliphatic rings. The minimum atomic E-state index is -1.00. The molecule has 1 aliphatic carbocycles. The minimum absolute atomic E-state index is 0.0685. The number of anilines is 1. The number of hydrogen-bond donors (Lipinski definition) is 2. The van der Waals surface area contributed by atoms with E-state index in [0.29, 0.717) is 51.9 Å². The van der Waals surface area contributed by atoms with Crippen LogP contribution >= 0.6 is 0 Å². The summed E-state index contributed by atoms with van der Waals surface area (Å²) in [6, 6.07) is 4.02. The molecule has 36 heavy (non-hydrogen) atoms. The van der Waals surface area contributed by atoms with E-state index in [4.69, 9.17) is 5.11 Å². The van der Waals surface area contributed by atoms with E-state index in [1.54, 1.807) is 18.2 Å². The molecule has 1 aromatic rings. The first-order chi connectivity index (χ1) is 17.2. The number of hydrogen-bond acceptors (Lipinski definition) is 7. The lowest BCUT2D eigenvalue weighted by Crippen LogP contribution is -2.54. The van der Waals surface area contributed by atoms with Crippen LogP contribution in [0, 0.1) is 11.8 Å². The van der Waals surface area contributed by atoms with Crippen LogP contribution < -0.4 is 10.2 Å². The molecule has 11 nitrogen and oxygen atoms in total. The predicted molar refractivity (Wildman–Crippen MR) is 125 cm³/mol. The van der Waals surface area contributed by atoms with Gasteiger partial charge in [-0.05, 0) is 50.3 Å². The molecule has 0 bridgehead atoms. The maximum Gasteiger partial charge on any atom is 0.306 e. The van der Waals surface area contributed by atoms with E-state index >= 15 is 0 Å². The highest BCUT2D eigenvalue weighted by Gasteiger charge is 2.45. The number of nitrogens with one attached hydrogen (secondary N) is 1. The van der Waals surface area contributed by atoms with Crippen LogP contribution in [0.5, 0.6) is 0 Å². The van der Waals surface area contributed by atoms with Crippen LogP contribution in [0.15, 0.2) is 18.2 Å². The van der Waals surface area contributed by atoms with Crippen molar-refractivity contribution in [2.45, 2.75) is 44.6 Å². The zero-order chi connectivity index (χ0) is 25.6. The molecule has 190 valence electrons. The van der Waals surface area contributed by atoms with Gasteiger partial charge in [0, 0.05) is 44.2 Å². The third-order valence-electron chi connectivity index (χ3n) is 7.81. The molecule has 1 aromatic carbocycles. The summed E-state index contributed by atoms with van der Waals surface area (Å²) < 4.78 is 0. The molecule has 0 spiro atoms. The van der Waals surface area contributed by atoms with Crippen LogP contribution in [0.4, 0.5) is 5.69 Å². The number of piperidine rings is 1. The van der Waals surface area contributed by atoms with Crippen LogP contribution in [0.3, 0.4) is 0 Å². The van der Waals surface area contributed by atoms with E-state index < -0.39 is 35.6 Å². The molecule has 1 atom stereocenters. The largest absolute Gasteiger partial charge is 0.481 e. The van der Waals surface area contributed by atoms with Crippen molar-refractivity contribution in [3.8, 4) is 0 Å². The summed E-state index contributed by atoms with van der Waals surface area (Å²) in [6.45, 7) is 2.16. The molecule has 0 aromatic heterocycles. The van der Waals surface area contributed by atoms with Crippen molar-refractivity contribution in [2.75, 3.05) is 31.1 Å². The highest BCUT2D eigenvalue weighted by atomic mass is 16.4. The Bertz CT molecular complexity index is 1150. The second-order valence-corrected chi connectivity index (χ2v) is 9.88. The minimum Gasteiger partial charge on any atom is -0.481 e. The second kappa shape index (κ2) is 9.36. The highest BCUT2D eigenvalue weighted by molar-refractivity contribution is 6.23. The van der Waals surface area contributed by atoms with E-state index in [1.807, 2.05) is 4.90 Å². The Labute approximate surface area is 207 Å². The maximum absolute atomic E-state index is 13.1. The summed E-state index contributed by atoms with van der Waals surface area (Å²) in [4.78, 5) is 78.6. The number of benzene rings is 1. The maximum atomic E-state index is 13.1. The molecule has 0 radical (unpaired) electrons. The van der Waals surface area contributed by atoms with Crippen molar-refractivity contribution in [3.05, 3.63) is 29.3 Å². The van der Waals surface area contributed by atoms with E-state index in [0.717, 1.165) is 10.6 Å². The van der Waals surface area contributed by atoms with Crippen molar-refractivity contribution in [2.24, 2.45) is 11.8 Å². The Kier molecular flexibility index (Phi) is 6.23. The highest BCUT2D eigenvalue weighted by Crippen LogP contribution is 2.32. The average Bonchev–Trinajstić information content (AvgIpc) is 3.13. The number of carbonyl (C=O) groups excluding carboxylic acids is 5. The zero-order valence-corrected chi connectivity index (χ0v) is 19.8. The first-order valence-electron chi connectivity index (χ1n) is 12.4. The molecule has 1 saturated carbocycles. The SMILES string of the molecule is O=C1CCC(N2C(=O)c3ccc(N4CCN(C(=O)C5CCC(C(=O)O)CC5)CC4)cc3C2=O)C(=O)N1. The van der Waals surface area contributed by atoms with E-state index in [1.165, 1.54) is 0 Å². The average molecular weight is 497 g/mol. The first-order valence-corrected chi connectivity index (χ1v) is 12.4. The van der Waals surface area contributed by atoms with Crippen molar-refractivity contribution in [1.29, 1.82) is 0 Å². The van der Waals surface area contributed by atoms with Gasteiger partial charge in [0.05, 0.1) is 17.0 Å². The van der Waals surface area contributed by atoms with Crippen LogP contribution in [-0.2, 0) is 19.2 Å². The molecule has 11 heteroatoms. The number of carboxylic acid groups (broad SMARTS) is 1. The summed E-state index contributed by atoms with van der Waals surface area (Å²) in [5.41, 5.74) is 1.23. The van der Waals surface area contributed by atoms with E-state index in [2.05, 4.69) is 10.2 Å². The molecule has 1 unspecified atom stereocenters. The summed E-state index contributed by atoms with van der Waals surface area (Å²) in [7, 11) is 0. The van der Waals surface area contributed by atoms with Gasteiger partial charge in [-0.25, -0.2) is 0 Å². The third kappa shape index (κ3) is 4.22. The summed E-state index contributed by atoms with van der Waals surface area (Å²) in [5, 5.41) is 11.4. The van der Waals surface area contributed by atoms with E-state index in [9.17, 15) is 28.8 Å². The van der Waals surface area contributed by atoms with Gasteiger partial charge in [-0.15, -0.1) is 0 Å². The van der Waals surface area contributed by atoms with Crippen molar-refractivity contribution in [1.82, 2.24) is 15.1 Å². The quantitative estimate of drug-likeness (QED) is 0.578. The molecule has 2 saturated heterocycles. The van der Waals surface area contributed by atoms with E-state index in [-0.39, 0.29) is 41.7 Å². The Morgan fingerprint density at radius 1 is 0.833 bits per heavy atom. The van der Waals surface area contributed by atoms with Crippen molar-refractivity contribution < 1.29 is 33.9 Å². The van der Waals surface area contributed by atoms with Crippen LogP contribution in [-0.4, -0.2) is 82.6 Å². The Morgan fingerprint density at radius 3 is 2.11 bits per heavy atom. The molecule has 2 N–H and O–H groups in total. The number of piperazine rings is 1. The summed E-state index contributed by atoms with van der Waals surface area (Å²) in [6.07, 6.45) is 2.43. The van der Waals surface area contributed by atoms with Crippen molar-refractivity contribution in [3.63, 3.8) is 0 Å². The standard InChI is InChI=1S/C25H28N4O7/c30-20-8-7-19(21(31)26-20)29-23(33)17-6-5-16(13-18(17)24(29)34)27-9-11-28(12-10-27)22(32)14-1-3-15(4-2-14)25(35)36/h5-6,13-15,19H,1-4,7-12H2,(H,35,36)(H,26,30,31). The number of fused-ring (bicyclic) bond motifs is 1. The van der Waals surface area contributed by atoms with Crippen molar-refractivity contribution >= 4 is 41.2 Å². The fourth-order valence-corrected chi connectivity index (χ4v) is 5.69. The smallest absolute Gasteiger partial charge is 0.306 e. The summed E-state index contributed by atoms with van der Waals surface area (Å²) >= 11 is 0. The van der Waals surface area contributed by atoms with Gasteiger partial charge in [-0.2, -0.15) is 0 Å². The van der Waals surface area contributed by atoms with Gasteiger partial charge >= 0.3 is 5.97 Å². The van der Waals surface area contributed by atoms with Crippen LogP contribution in [0.1, 0.15) is 59.2 Å². The molecule has 5 amide bonds. The first kappa shape index (κ1) is 24.0. The van der Waals surface area contributed by atoms with Gasteiger partial charge in [-0.1, -0.05) is 0 Å². The number of amides is 5. The number of imide groups is 2. The number of rotatable bonds is 4. The monoisotopic (exact) mass is 496 g/mol. The lowest BCUT2D eigenvalue weighted by Gasteiger charge is -2.38. The van der Waals surface area contributed by atoms with Gasteiger partial charge in [0.1, 0.15) is 6.04 Å². The topological polar surface area (TPSA) is 144 Å². The molecular weight excluding hydrogens is 468 g/mol. The van der Waals surface area contributed by atoms with Crippen LogP contribution in [0.2, 0.25) is 0 Å². The Morgan fingerprint density at radius 2 is 1.47 bits per heavy atom. The Balaban J connectivity index is 1.22. The zero-order valence-electron chi connectivity index (χ0n) is 19.8. The lowest BCUT2D eigenvalue weighted by atomic mass is 9.81. The van der Waals surface area contributed by atoms with Gasteiger partial charge in [0.15, 0.2) is 0 Å². The fraction of sp³-hybridized carbons (Fsp3) is 0.520. The lowest BCUT2D eigenvalue weighted by molar-refractivity contribution is -0.145. The predicted octanol–water partition coefficient (Wildman–Crippen LogP) is 0.627. The number of carboxylic acids is 1. The molecule has 3 aliphatic heterocycles. The van der Waals surface area contributed by atoms with Gasteiger partial charge in [-0.3, -0.25) is 39.0 Å². The molecular formula is C25H28N4O7. The molecule has 3 heterocycles. The molecule has 5 rings (SSSR count). The number of aliphatic carboxylic acids is 1. The second-order valence-electron chi connectivity index (χ2n) is 9.88. The number of carbonyl (C=O) groups is 6. The summed E-state index contributed by atoms with van der Waals surface area (Å²) in [5.74, 6) is -3.34. The third-order valence-corrected chi connectivity index (χ3v) is 7.81.